The molecule has 0 saturated heterocycles. The first-order chi connectivity index (χ1) is 11.4. The van der Waals surface area contributed by atoms with Gasteiger partial charge in [0, 0.05) is 26.3 Å². The number of ether oxygens (including phenoxy) is 2. The molecule has 5 heteroatoms. The van der Waals surface area contributed by atoms with E-state index in [0.717, 1.165) is 56.9 Å². The van der Waals surface area contributed by atoms with E-state index in [1.165, 1.54) is 12.8 Å². The van der Waals surface area contributed by atoms with E-state index < -0.39 is 0 Å². The molecule has 0 spiro atoms. The van der Waals surface area contributed by atoms with Crippen LogP contribution in [0.2, 0.25) is 0 Å². The number of benzene rings is 1. The number of aliphatic imine (C=N–C) groups is 1. The van der Waals surface area contributed by atoms with Crippen molar-refractivity contribution in [3.05, 3.63) is 30.3 Å². The largest absolute Gasteiger partial charge is 0.492 e. The maximum absolute atomic E-state index is 5.66. The molecule has 0 heterocycles. The Hall–Kier alpha value is -1.75. The molecule has 0 atom stereocenters. The summed E-state index contributed by atoms with van der Waals surface area (Å²) in [6.07, 6.45) is 3.65. The van der Waals surface area contributed by atoms with Crippen LogP contribution in [0.15, 0.2) is 35.3 Å². The Kier molecular flexibility index (Phi) is 8.33. The summed E-state index contributed by atoms with van der Waals surface area (Å²) >= 11 is 0. The van der Waals surface area contributed by atoms with Crippen LogP contribution in [0, 0.1) is 5.92 Å². The van der Waals surface area contributed by atoms with E-state index >= 15 is 0 Å². The van der Waals surface area contributed by atoms with Crippen LogP contribution in [0.4, 0.5) is 0 Å². The smallest absolute Gasteiger partial charge is 0.191 e. The van der Waals surface area contributed by atoms with Crippen LogP contribution in [0.5, 0.6) is 5.75 Å². The van der Waals surface area contributed by atoms with E-state index in [-0.39, 0.29) is 0 Å². The number of rotatable bonds is 11. The minimum absolute atomic E-state index is 0.610. The average Bonchev–Trinajstić information content (AvgIpc) is 3.40. The van der Waals surface area contributed by atoms with Crippen molar-refractivity contribution in [2.24, 2.45) is 10.9 Å². The molecular weight excluding hydrogens is 290 g/mol. The highest BCUT2D eigenvalue weighted by Gasteiger charge is 2.20. The first-order valence-corrected chi connectivity index (χ1v) is 8.66. The van der Waals surface area contributed by atoms with Gasteiger partial charge in [0.15, 0.2) is 5.96 Å². The van der Waals surface area contributed by atoms with Crippen LogP contribution in [0.1, 0.15) is 26.2 Å². The molecule has 0 aromatic heterocycles. The molecule has 0 radical (unpaired) electrons. The molecule has 23 heavy (non-hydrogen) atoms. The Balaban J connectivity index is 1.55. The molecule has 0 bridgehead atoms. The zero-order chi connectivity index (χ0) is 16.2. The van der Waals surface area contributed by atoms with E-state index in [9.17, 15) is 0 Å². The van der Waals surface area contributed by atoms with Crippen molar-refractivity contribution in [3.8, 4) is 5.75 Å². The molecule has 128 valence electrons. The van der Waals surface area contributed by atoms with Crippen molar-refractivity contribution in [3.63, 3.8) is 0 Å². The van der Waals surface area contributed by atoms with Gasteiger partial charge in [0.25, 0.3) is 0 Å². The van der Waals surface area contributed by atoms with Gasteiger partial charge in [0.2, 0.25) is 0 Å². The van der Waals surface area contributed by atoms with Gasteiger partial charge in [-0.25, -0.2) is 0 Å². The van der Waals surface area contributed by atoms with Crippen molar-refractivity contribution >= 4 is 5.96 Å². The SMILES string of the molecule is CCNC(=NCCCOCC1CC1)NCCOc1ccccc1. The summed E-state index contributed by atoms with van der Waals surface area (Å²) in [5.41, 5.74) is 0. The highest BCUT2D eigenvalue weighted by atomic mass is 16.5. The fourth-order valence-electron chi connectivity index (χ4n) is 2.09. The maximum Gasteiger partial charge on any atom is 0.191 e. The standard InChI is InChI=1S/C18H29N3O2/c1-2-19-18(20-11-6-13-22-15-16-9-10-16)21-12-14-23-17-7-4-3-5-8-17/h3-5,7-8,16H,2,6,9-15H2,1H3,(H2,19,20,21). The number of para-hydroxylation sites is 1. The van der Waals surface area contributed by atoms with Gasteiger partial charge < -0.3 is 20.1 Å². The fraction of sp³-hybridized carbons (Fsp3) is 0.611. The molecule has 1 aromatic rings. The molecule has 1 aliphatic rings. The minimum Gasteiger partial charge on any atom is -0.492 e. The third-order valence-corrected chi connectivity index (χ3v) is 3.52. The van der Waals surface area contributed by atoms with Crippen molar-refractivity contribution in [1.29, 1.82) is 0 Å². The fourth-order valence-corrected chi connectivity index (χ4v) is 2.09. The van der Waals surface area contributed by atoms with Crippen molar-refractivity contribution < 1.29 is 9.47 Å². The summed E-state index contributed by atoms with van der Waals surface area (Å²) < 4.78 is 11.3. The molecule has 5 nitrogen and oxygen atoms in total. The number of hydrogen-bond donors (Lipinski definition) is 2. The van der Waals surface area contributed by atoms with Gasteiger partial charge in [-0.3, -0.25) is 4.99 Å². The quantitative estimate of drug-likeness (QED) is 0.374. The number of nitrogens with zero attached hydrogens (tertiary/aromatic N) is 1. The Morgan fingerprint density at radius 3 is 2.74 bits per heavy atom. The van der Waals surface area contributed by atoms with E-state index in [1.807, 2.05) is 30.3 Å². The Bertz CT molecular complexity index is 447. The summed E-state index contributed by atoms with van der Waals surface area (Å²) in [5, 5.41) is 6.53. The average molecular weight is 319 g/mol. The minimum atomic E-state index is 0.610. The second-order valence-electron chi connectivity index (χ2n) is 5.72. The predicted octanol–water partition coefficient (Wildman–Crippen LogP) is 2.44. The van der Waals surface area contributed by atoms with Crippen LogP contribution in [-0.4, -0.2) is 45.4 Å². The van der Waals surface area contributed by atoms with Crippen molar-refractivity contribution in [1.82, 2.24) is 10.6 Å². The topological polar surface area (TPSA) is 54.9 Å². The van der Waals surface area contributed by atoms with E-state index in [1.54, 1.807) is 0 Å². The Morgan fingerprint density at radius 2 is 2.00 bits per heavy atom. The summed E-state index contributed by atoms with van der Waals surface area (Å²) in [5.74, 6) is 2.57. The van der Waals surface area contributed by atoms with E-state index in [4.69, 9.17) is 9.47 Å². The Morgan fingerprint density at radius 1 is 1.17 bits per heavy atom. The monoisotopic (exact) mass is 319 g/mol. The van der Waals surface area contributed by atoms with E-state index in [0.29, 0.717) is 6.61 Å². The zero-order valence-corrected chi connectivity index (χ0v) is 14.1. The second-order valence-corrected chi connectivity index (χ2v) is 5.72. The molecule has 0 aliphatic heterocycles. The lowest BCUT2D eigenvalue weighted by Crippen LogP contribution is -2.39. The van der Waals surface area contributed by atoms with Crippen LogP contribution in [-0.2, 0) is 4.74 Å². The normalized spacial score (nSPS) is 14.6. The molecule has 0 amide bonds. The third-order valence-electron chi connectivity index (χ3n) is 3.52. The summed E-state index contributed by atoms with van der Waals surface area (Å²) in [7, 11) is 0. The van der Waals surface area contributed by atoms with Gasteiger partial charge in [-0.15, -0.1) is 0 Å². The van der Waals surface area contributed by atoms with Gasteiger partial charge in [-0.2, -0.15) is 0 Å². The van der Waals surface area contributed by atoms with Crippen LogP contribution in [0.3, 0.4) is 0 Å². The lowest BCUT2D eigenvalue weighted by Gasteiger charge is -2.12. The predicted molar refractivity (Wildman–Crippen MR) is 94.1 cm³/mol. The van der Waals surface area contributed by atoms with E-state index in [2.05, 4.69) is 22.5 Å². The number of hydrogen-bond acceptors (Lipinski definition) is 3. The molecule has 1 fully saturated rings. The van der Waals surface area contributed by atoms with Gasteiger partial charge in [0.1, 0.15) is 12.4 Å². The molecule has 1 aliphatic carbocycles. The van der Waals surface area contributed by atoms with Crippen molar-refractivity contribution in [2.75, 3.05) is 39.5 Å². The van der Waals surface area contributed by atoms with Crippen LogP contribution in [0.25, 0.3) is 0 Å². The second kappa shape index (κ2) is 10.9. The maximum atomic E-state index is 5.66. The molecule has 2 N–H and O–H groups in total. The lowest BCUT2D eigenvalue weighted by molar-refractivity contribution is 0.123. The van der Waals surface area contributed by atoms with Crippen LogP contribution < -0.4 is 15.4 Å². The molecule has 1 saturated carbocycles. The van der Waals surface area contributed by atoms with Crippen LogP contribution >= 0.6 is 0 Å². The van der Waals surface area contributed by atoms with Gasteiger partial charge in [-0.05, 0) is 44.2 Å². The highest BCUT2D eigenvalue weighted by Crippen LogP contribution is 2.28. The summed E-state index contributed by atoms with van der Waals surface area (Å²) in [6, 6.07) is 9.84. The molecule has 0 unspecified atom stereocenters. The summed E-state index contributed by atoms with van der Waals surface area (Å²) in [4.78, 5) is 4.55. The first-order valence-electron chi connectivity index (χ1n) is 8.66. The van der Waals surface area contributed by atoms with Crippen molar-refractivity contribution in [2.45, 2.75) is 26.2 Å². The third kappa shape index (κ3) is 8.45. The first kappa shape index (κ1) is 17.6. The molecular formula is C18H29N3O2. The molecule has 2 rings (SSSR count). The highest BCUT2D eigenvalue weighted by molar-refractivity contribution is 5.79. The lowest BCUT2D eigenvalue weighted by atomic mass is 10.3. The number of nitrogens with one attached hydrogen (secondary N) is 2. The Labute approximate surface area is 139 Å². The van der Waals surface area contributed by atoms with Gasteiger partial charge in [-0.1, -0.05) is 18.2 Å². The van der Waals surface area contributed by atoms with Gasteiger partial charge in [0.05, 0.1) is 6.54 Å². The zero-order valence-electron chi connectivity index (χ0n) is 14.1. The molecule has 1 aromatic carbocycles. The number of guanidine groups is 1. The summed E-state index contributed by atoms with van der Waals surface area (Å²) in [6.45, 7) is 6.76. The van der Waals surface area contributed by atoms with Gasteiger partial charge >= 0.3 is 0 Å².